The Labute approximate surface area is 140 Å². The number of anilines is 2. The van der Waals surface area contributed by atoms with Gasteiger partial charge in [0, 0.05) is 12.4 Å². The van der Waals surface area contributed by atoms with Crippen molar-refractivity contribution in [2.45, 2.75) is 20.3 Å². The van der Waals surface area contributed by atoms with Gasteiger partial charge in [0.05, 0.1) is 17.0 Å². The van der Waals surface area contributed by atoms with Crippen molar-refractivity contribution in [2.24, 2.45) is 5.92 Å². The Morgan fingerprint density at radius 1 is 1.17 bits per heavy atom. The van der Waals surface area contributed by atoms with Crippen LogP contribution in [-0.2, 0) is 10.0 Å². The van der Waals surface area contributed by atoms with Gasteiger partial charge in [-0.2, -0.15) is 0 Å². The van der Waals surface area contributed by atoms with Crippen LogP contribution in [0.2, 0.25) is 0 Å². The van der Waals surface area contributed by atoms with Gasteiger partial charge in [-0.05, 0) is 36.6 Å². The van der Waals surface area contributed by atoms with Crippen LogP contribution in [0.4, 0.5) is 16.0 Å². The van der Waals surface area contributed by atoms with Gasteiger partial charge in [0.15, 0.2) is 6.29 Å². The summed E-state index contributed by atoms with van der Waals surface area (Å²) in [7, 11) is -3.76. The molecule has 1 aromatic carbocycles. The van der Waals surface area contributed by atoms with E-state index in [1.165, 1.54) is 36.7 Å². The molecule has 0 unspecified atom stereocenters. The molecule has 0 aliphatic carbocycles. The molecule has 0 fully saturated rings. The van der Waals surface area contributed by atoms with Crippen molar-refractivity contribution in [2.75, 3.05) is 10.1 Å². The van der Waals surface area contributed by atoms with Crippen LogP contribution in [0.25, 0.3) is 0 Å². The molecule has 0 saturated carbocycles. The number of aldehydes is 1. The highest BCUT2D eigenvalue weighted by atomic mass is 32.2. The first-order valence-electron chi connectivity index (χ1n) is 7.39. The second-order valence-electron chi connectivity index (χ2n) is 5.67. The zero-order valence-electron chi connectivity index (χ0n) is 13.4. The summed E-state index contributed by atoms with van der Waals surface area (Å²) in [5.74, 6) is -0.458. The molecule has 0 radical (unpaired) electrons. The Bertz CT molecular complexity index is 790. The molecule has 0 aliphatic heterocycles. The van der Waals surface area contributed by atoms with Crippen LogP contribution < -0.4 is 4.31 Å². The first-order chi connectivity index (χ1) is 11.3. The third kappa shape index (κ3) is 4.35. The zero-order valence-corrected chi connectivity index (χ0v) is 14.2. The maximum atomic E-state index is 13.2. The summed E-state index contributed by atoms with van der Waals surface area (Å²) in [5.41, 5.74) is 0.469. The molecular weight excluding hydrogens is 333 g/mol. The van der Waals surface area contributed by atoms with Gasteiger partial charge in [0.25, 0.3) is 0 Å². The monoisotopic (exact) mass is 351 g/mol. The van der Waals surface area contributed by atoms with Crippen molar-refractivity contribution in [1.82, 2.24) is 9.97 Å². The lowest BCUT2D eigenvalue weighted by atomic mass is 10.2. The minimum atomic E-state index is -3.76. The number of hydrogen-bond acceptors (Lipinski definition) is 5. The van der Waals surface area contributed by atoms with Crippen LogP contribution in [0.1, 0.15) is 30.6 Å². The minimum absolute atomic E-state index is 0.0871. The molecule has 2 rings (SSSR count). The number of nitrogens with zero attached hydrogens (tertiary/aromatic N) is 3. The molecule has 1 aromatic heterocycles. The van der Waals surface area contributed by atoms with E-state index in [4.69, 9.17) is 0 Å². The number of aromatic nitrogens is 2. The van der Waals surface area contributed by atoms with Gasteiger partial charge in [-0.3, -0.25) is 4.79 Å². The fourth-order valence-corrected chi connectivity index (χ4v) is 3.69. The van der Waals surface area contributed by atoms with E-state index in [9.17, 15) is 17.6 Å². The first kappa shape index (κ1) is 18.0. The van der Waals surface area contributed by atoms with Gasteiger partial charge >= 0.3 is 0 Å². The third-order valence-corrected chi connectivity index (χ3v) is 4.95. The van der Waals surface area contributed by atoms with Crippen molar-refractivity contribution in [3.8, 4) is 0 Å². The third-order valence-electron chi connectivity index (χ3n) is 3.27. The number of benzene rings is 1. The van der Waals surface area contributed by atoms with Crippen molar-refractivity contribution >= 4 is 27.9 Å². The molecule has 24 heavy (non-hydrogen) atoms. The number of carbonyl (C=O) groups excluding carboxylic acids is 1. The fourth-order valence-electron chi connectivity index (χ4n) is 1.95. The van der Waals surface area contributed by atoms with E-state index in [0.717, 1.165) is 4.31 Å². The topological polar surface area (TPSA) is 80.2 Å². The van der Waals surface area contributed by atoms with Crippen LogP contribution in [0.3, 0.4) is 0 Å². The summed E-state index contributed by atoms with van der Waals surface area (Å²) in [6, 6.07) is 5.03. The van der Waals surface area contributed by atoms with Gasteiger partial charge < -0.3 is 0 Å². The van der Waals surface area contributed by atoms with Crippen molar-refractivity contribution in [3.63, 3.8) is 0 Å². The summed E-state index contributed by atoms with van der Waals surface area (Å²) in [6.45, 7) is 3.85. The van der Waals surface area contributed by atoms with E-state index in [0.29, 0.717) is 12.7 Å². The molecule has 2 aromatic rings. The fraction of sp³-hybridized carbons (Fsp3) is 0.312. The molecule has 128 valence electrons. The summed E-state index contributed by atoms with van der Waals surface area (Å²) in [4.78, 5) is 18.6. The Morgan fingerprint density at radius 2 is 1.75 bits per heavy atom. The number of hydrogen-bond donors (Lipinski definition) is 0. The van der Waals surface area contributed by atoms with Gasteiger partial charge in [-0.25, -0.2) is 27.1 Å². The lowest BCUT2D eigenvalue weighted by Crippen LogP contribution is -2.30. The standard InChI is InChI=1S/C16H18FN3O3S/c1-12(2)7-8-24(22,23)20(15-5-3-14(17)4-6-15)16-18-9-13(11-21)10-19-16/h3-6,9-12H,7-8H2,1-2H3. The second kappa shape index (κ2) is 7.48. The van der Waals surface area contributed by atoms with Crippen LogP contribution in [0.15, 0.2) is 36.7 Å². The minimum Gasteiger partial charge on any atom is -0.298 e. The summed E-state index contributed by atoms with van der Waals surface area (Å²) < 4.78 is 39.7. The molecule has 0 amide bonds. The van der Waals surface area contributed by atoms with E-state index in [-0.39, 0.29) is 28.9 Å². The van der Waals surface area contributed by atoms with E-state index in [1.54, 1.807) is 0 Å². The Balaban J connectivity index is 2.47. The molecule has 0 N–H and O–H groups in total. The normalized spacial score (nSPS) is 11.5. The molecule has 1 heterocycles. The number of sulfonamides is 1. The maximum Gasteiger partial charge on any atom is 0.244 e. The van der Waals surface area contributed by atoms with Crippen LogP contribution in [0, 0.1) is 11.7 Å². The largest absolute Gasteiger partial charge is 0.298 e. The molecule has 0 aliphatic rings. The zero-order chi connectivity index (χ0) is 17.7. The molecular formula is C16H18FN3O3S. The number of halogens is 1. The predicted octanol–water partition coefficient (Wildman–Crippen LogP) is 2.94. The SMILES string of the molecule is CC(C)CCS(=O)(=O)N(c1ccc(F)cc1)c1ncc(C=O)cn1. The summed E-state index contributed by atoms with van der Waals surface area (Å²) in [5, 5.41) is 0. The lowest BCUT2D eigenvalue weighted by molar-refractivity contribution is 0.112. The Morgan fingerprint density at radius 3 is 2.25 bits per heavy atom. The van der Waals surface area contributed by atoms with E-state index < -0.39 is 15.8 Å². The highest BCUT2D eigenvalue weighted by Gasteiger charge is 2.27. The molecule has 8 heteroatoms. The van der Waals surface area contributed by atoms with Crippen LogP contribution in [0.5, 0.6) is 0 Å². The van der Waals surface area contributed by atoms with Crippen LogP contribution in [-0.4, -0.2) is 30.4 Å². The van der Waals surface area contributed by atoms with E-state index >= 15 is 0 Å². The average molecular weight is 351 g/mol. The number of carbonyl (C=O) groups is 1. The average Bonchev–Trinajstić information content (AvgIpc) is 2.56. The van der Waals surface area contributed by atoms with Crippen molar-refractivity contribution in [3.05, 3.63) is 48.0 Å². The first-order valence-corrected chi connectivity index (χ1v) is 9.00. The van der Waals surface area contributed by atoms with E-state index in [2.05, 4.69) is 9.97 Å². The molecule has 0 atom stereocenters. The number of rotatable bonds is 7. The molecule has 0 bridgehead atoms. The van der Waals surface area contributed by atoms with Gasteiger partial charge in [0.2, 0.25) is 16.0 Å². The highest BCUT2D eigenvalue weighted by Crippen LogP contribution is 2.27. The molecule has 0 saturated heterocycles. The quantitative estimate of drug-likeness (QED) is 0.717. The second-order valence-corrected chi connectivity index (χ2v) is 7.61. The van der Waals surface area contributed by atoms with Gasteiger partial charge in [-0.15, -0.1) is 0 Å². The van der Waals surface area contributed by atoms with Gasteiger partial charge in [-0.1, -0.05) is 13.8 Å². The van der Waals surface area contributed by atoms with Crippen LogP contribution >= 0.6 is 0 Å². The Kier molecular flexibility index (Phi) is 5.61. The highest BCUT2D eigenvalue weighted by molar-refractivity contribution is 7.93. The van der Waals surface area contributed by atoms with Crippen molar-refractivity contribution in [1.29, 1.82) is 0 Å². The van der Waals surface area contributed by atoms with Crippen molar-refractivity contribution < 1.29 is 17.6 Å². The maximum absolute atomic E-state index is 13.2. The Hall–Kier alpha value is -2.35. The lowest BCUT2D eigenvalue weighted by Gasteiger charge is -2.22. The van der Waals surface area contributed by atoms with E-state index in [1.807, 2.05) is 13.8 Å². The molecule has 6 nitrogen and oxygen atoms in total. The predicted molar refractivity (Wildman–Crippen MR) is 89.2 cm³/mol. The summed E-state index contributed by atoms with van der Waals surface area (Å²) >= 11 is 0. The van der Waals surface area contributed by atoms with Gasteiger partial charge in [0.1, 0.15) is 5.82 Å². The smallest absolute Gasteiger partial charge is 0.244 e. The molecule has 0 spiro atoms. The summed E-state index contributed by atoms with van der Waals surface area (Å²) in [6.07, 6.45) is 3.51.